The molecule has 4 heteroatoms. The number of amides is 1. The summed E-state index contributed by atoms with van der Waals surface area (Å²) in [4.78, 5) is 22.1. The van der Waals surface area contributed by atoms with Crippen molar-refractivity contribution in [1.82, 2.24) is 5.32 Å². The SMILES string of the molecule is CCc1ccc(CCNC(=O)CC(C)C(=O)O)cc1. The van der Waals surface area contributed by atoms with Crippen molar-refractivity contribution >= 4 is 11.9 Å². The molecular weight excluding hydrogens is 242 g/mol. The van der Waals surface area contributed by atoms with Gasteiger partial charge < -0.3 is 10.4 Å². The van der Waals surface area contributed by atoms with E-state index in [-0.39, 0.29) is 12.3 Å². The van der Waals surface area contributed by atoms with Crippen LogP contribution in [0.5, 0.6) is 0 Å². The monoisotopic (exact) mass is 263 g/mol. The topological polar surface area (TPSA) is 66.4 Å². The summed E-state index contributed by atoms with van der Waals surface area (Å²) in [6, 6.07) is 8.29. The Morgan fingerprint density at radius 2 is 1.79 bits per heavy atom. The third kappa shape index (κ3) is 5.55. The lowest BCUT2D eigenvalue weighted by Gasteiger charge is -2.08. The molecule has 0 heterocycles. The van der Waals surface area contributed by atoms with Crippen molar-refractivity contribution in [3.63, 3.8) is 0 Å². The van der Waals surface area contributed by atoms with Crippen LogP contribution in [0.15, 0.2) is 24.3 Å². The number of carboxylic acid groups (broad SMARTS) is 1. The molecule has 19 heavy (non-hydrogen) atoms. The summed E-state index contributed by atoms with van der Waals surface area (Å²) in [7, 11) is 0. The van der Waals surface area contributed by atoms with Crippen molar-refractivity contribution in [2.45, 2.75) is 33.1 Å². The molecule has 4 nitrogen and oxygen atoms in total. The summed E-state index contributed by atoms with van der Waals surface area (Å²) in [6.45, 7) is 4.18. The zero-order valence-corrected chi connectivity index (χ0v) is 11.5. The molecule has 2 N–H and O–H groups in total. The van der Waals surface area contributed by atoms with Crippen LogP contribution in [-0.2, 0) is 22.4 Å². The van der Waals surface area contributed by atoms with Crippen molar-refractivity contribution in [3.05, 3.63) is 35.4 Å². The van der Waals surface area contributed by atoms with Crippen molar-refractivity contribution in [2.75, 3.05) is 6.54 Å². The molecule has 1 amide bonds. The highest BCUT2D eigenvalue weighted by molar-refractivity contribution is 5.81. The number of rotatable bonds is 7. The van der Waals surface area contributed by atoms with Crippen LogP contribution in [0, 0.1) is 5.92 Å². The molecule has 0 radical (unpaired) electrons. The van der Waals surface area contributed by atoms with Gasteiger partial charge >= 0.3 is 5.97 Å². The molecule has 1 rings (SSSR count). The van der Waals surface area contributed by atoms with Gasteiger partial charge in [-0.3, -0.25) is 9.59 Å². The van der Waals surface area contributed by atoms with Crippen LogP contribution in [0.4, 0.5) is 0 Å². The van der Waals surface area contributed by atoms with Gasteiger partial charge in [0.05, 0.1) is 5.92 Å². The highest BCUT2D eigenvalue weighted by Crippen LogP contribution is 2.05. The summed E-state index contributed by atoms with van der Waals surface area (Å²) in [5.74, 6) is -1.78. The molecule has 0 bridgehead atoms. The molecule has 104 valence electrons. The molecule has 0 aliphatic carbocycles. The van der Waals surface area contributed by atoms with Gasteiger partial charge in [-0.2, -0.15) is 0 Å². The Morgan fingerprint density at radius 3 is 2.32 bits per heavy atom. The molecule has 0 spiro atoms. The van der Waals surface area contributed by atoms with E-state index >= 15 is 0 Å². The molecule has 1 atom stereocenters. The van der Waals surface area contributed by atoms with Crippen LogP contribution in [-0.4, -0.2) is 23.5 Å². The summed E-state index contributed by atoms with van der Waals surface area (Å²) < 4.78 is 0. The van der Waals surface area contributed by atoms with E-state index in [1.807, 2.05) is 0 Å². The maximum Gasteiger partial charge on any atom is 0.306 e. The molecule has 1 unspecified atom stereocenters. The Bertz CT molecular complexity index is 426. The normalized spacial score (nSPS) is 11.9. The van der Waals surface area contributed by atoms with Crippen molar-refractivity contribution < 1.29 is 14.7 Å². The van der Waals surface area contributed by atoms with Crippen LogP contribution < -0.4 is 5.32 Å². The minimum atomic E-state index is -0.940. The average molecular weight is 263 g/mol. The second-order valence-corrected chi connectivity index (χ2v) is 4.71. The Balaban J connectivity index is 2.29. The number of benzene rings is 1. The van der Waals surface area contributed by atoms with Gasteiger partial charge in [-0.1, -0.05) is 38.1 Å². The molecule has 0 saturated carbocycles. The van der Waals surface area contributed by atoms with Crippen LogP contribution >= 0.6 is 0 Å². The number of carbonyl (C=O) groups excluding carboxylic acids is 1. The minimum Gasteiger partial charge on any atom is -0.481 e. The van der Waals surface area contributed by atoms with Crippen molar-refractivity contribution in [1.29, 1.82) is 0 Å². The van der Waals surface area contributed by atoms with Gasteiger partial charge in [0.2, 0.25) is 5.91 Å². The van der Waals surface area contributed by atoms with Crippen LogP contribution in [0.2, 0.25) is 0 Å². The molecule has 0 fully saturated rings. The molecule has 0 aliphatic rings. The lowest BCUT2D eigenvalue weighted by Crippen LogP contribution is -2.28. The quantitative estimate of drug-likeness (QED) is 0.791. The lowest BCUT2D eigenvalue weighted by molar-refractivity contribution is -0.143. The van der Waals surface area contributed by atoms with Crippen LogP contribution in [0.3, 0.4) is 0 Å². The largest absolute Gasteiger partial charge is 0.481 e. The second-order valence-electron chi connectivity index (χ2n) is 4.71. The van der Waals surface area contributed by atoms with E-state index in [1.165, 1.54) is 18.1 Å². The average Bonchev–Trinajstić information content (AvgIpc) is 2.39. The third-order valence-electron chi connectivity index (χ3n) is 3.08. The number of carbonyl (C=O) groups is 2. The molecule has 0 aliphatic heterocycles. The summed E-state index contributed by atoms with van der Waals surface area (Å²) >= 11 is 0. The number of hydrogen-bond acceptors (Lipinski definition) is 2. The maximum absolute atomic E-state index is 11.5. The smallest absolute Gasteiger partial charge is 0.306 e. The summed E-state index contributed by atoms with van der Waals surface area (Å²) in [6.07, 6.45) is 1.81. The number of aryl methyl sites for hydroxylation is 1. The first kappa shape index (κ1) is 15.2. The third-order valence-corrected chi connectivity index (χ3v) is 3.08. The first-order valence-corrected chi connectivity index (χ1v) is 6.60. The highest BCUT2D eigenvalue weighted by Gasteiger charge is 2.14. The van der Waals surface area contributed by atoms with E-state index in [1.54, 1.807) is 0 Å². The standard InChI is InChI=1S/C15H21NO3/c1-3-12-4-6-13(7-5-12)8-9-16-14(17)10-11(2)15(18)19/h4-7,11H,3,8-10H2,1-2H3,(H,16,17)(H,18,19). The van der Waals surface area contributed by atoms with Gasteiger partial charge in [0.1, 0.15) is 0 Å². The first-order valence-electron chi connectivity index (χ1n) is 6.60. The Morgan fingerprint density at radius 1 is 1.21 bits per heavy atom. The zero-order chi connectivity index (χ0) is 14.3. The van der Waals surface area contributed by atoms with Crippen LogP contribution in [0.25, 0.3) is 0 Å². The van der Waals surface area contributed by atoms with Crippen LogP contribution in [0.1, 0.15) is 31.4 Å². The van der Waals surface area contributed by atoms with E-state index in [4.69, 9.17) is 5.11 Å². The molecule has 1 aromatic carbocycles. The van der Waals surface area contributed by atoms with Gasteiger partial charge in [-0.15, -0.1) is 0 Å². The molecule has 0 saturated heterocycles. The second kappa shape index (κ2) is 7.56. The van der Waals surface area contributed by atoms with Crippen molar-refractivity contribution in [3.8, 4) is 0 Å². The van der Waals surface area contributed by atoms with E-state index in [9.17, 15) is 9.59 Å². The Kier molecular flexibility index (Phi) is 6.06. The van der Waals surface area contributed by atoms with E-state index in [0.29, 0.717) is 6.54 Å². The molecule has 0 aromatic heterocycles. The Hall–Kier alpha value is -1.84. The predicted molar refractivity (Wildman–Crippen MR) is 74.0 cm³/mol. The predicted octanol–water partition coefficient (Wildman–Crippen LogP) is 2.02. The van der Waals surface area contributed by atoms with Gasteiger partial charge in [0.15, 0.2) is 0 Å². The maximum atomic E-state index is 11.5. The molecular formula is C15H21NO3. The number of hydrogen-bond donors (Lipinski definition) is 2. The fourth-order valence-electron chi connectivity index (χ4n) is 1.73. The fourth-order valence-corrected chi connectivity index (χ4v) is 1.73. The van der Waals surface area contributed by atoms with Gasteiger partial charge in [0.25, 0.3) is 0 Å². The van der Waals surface area contributed by atoms with E-state index < -0.39 is 11.9 Å². The number of nitrogens with one attached hydrogen (secondary N) is 1. The van der Waals surface area contributed by atoms with Crippen molar-refractivity contribution in [2.24, 2.45) is 5.92 Å². The van der Waals surface area contributed by atoms with Gasteiger partial charge in [-0.05, 0) is 24.0 Å². The minimum absolute atomic E-state index is 0.0319. The fraction of sp³-hybridized carbons (Fsp3) is 0.467. The summed E-state index contributed by atoms with van der Waals surface area (Å²) in [5.41, 5.74) is 2.46. The highest BCUT2D eigenvalue weighted by atomic mass is 16.4. The van der Waals surface area contributed by atoms with Gasteiger partial charge in [-0.25, -0.2) is 0 Å². The number of aliphatic carboxylic acids is 1. The zero-order valence-electron chi connectivity index (χ0n) is 11.5. The van der Waals surface area contributed by atoms with E-state index in [0.717, 1.165) is 12.8 Å². The first-order chi connectivity index (χ1) is 9.02. The Labute approximate surface area is 113 Å². The van der Waals surface area contributed by atoms with Gasteiger partial charge in [0, 0.05) is 13.0 Å². The number of carboxylic acids is 1. The van der Waals surface area contributed by atoms with E-state index in [2.05, 4.69) is 36.5 Å². The lowest BCUT2D eigenvalue weighted by atomic mass is 10.1. The molecule has 1 aromatic rings. The summed E-state index contributed by atoms with van der Waals surface area (Å²) in [5, 5.41) is 11.4.